The van der Waals surface area contributed by atoms with Gasteiger partial charge in [-0.1, -0.05) is 25.0 Å². The molecule has 0 N–H and O–H groups in total. The van der Waals surface area contributed by atoms with Gasteiger partial charge >= 0.3 is 0 Å². The van der Waals surface area contributed by atoms with Crippen LogP contribution in [-0.2, 0) is 9.53 Å². The maximum Gasteiger partial charge on any atom is 0.237 e. The summed E-state index contributed by atoms with van der Waals surface area (Å²) in [5.74, 6) is 0.295. The lowest BCUT2D eigenvalue weighted by Gasteiger charge is -2.44. The van der Waals surface area contributed by atoms with Crippen LogP contribution in [0.1, 0.15) is 37.0 Å². The Bertz CT molecular complexity index is 597. The van der Waals surface area contributed by atoms with Gasteiger partial charge in [-0.3, -0.25) is 9.69 Å². The van der Waals surface area contributed by atoms with Crippen molar-refractivity contribution in [3.05, 3.63) is 28.5 Å². The van der Waals surface area contributed by atoms with E-state index >= 15 is 0 Å². The Morgan fingerprint density at radius 3 is 3.00 bits per heavy atom. The number of nitrogens with zero attached hydrogens (tertiary/aromatic N) is 2. The summed E-state index contributed by atoms with van der Waals surface area (Å²) in [7, 11) is 0. The molecule has 5 heteroatoms. The molecular formula is C19H26N2O2S. The van der Waals surface area contributed by atoms with Crippen LogP contribution in [0.15, 0.2) is 23.6 Å². The summed E-state index contributed by atoms with van der Waals surface area (Å²) in [6.07, 6.45) is 8.32. The molecule has 1 saturated carbocycles. The van der Waals surface area contributed by atoms with Crippen LogP contribution in [0.25, 0.3) is 5.57 Å². The van der Waals surface area contributed by atoms with Gasteiger partial charge in [-0.15, -0.1) is 11.3 Å². The summed E-state index contributed by atoms with van der Waals surface area (Å²) in [6, 6.07) is 4.62. The number of hydrogen-bond acceptors (Lipinski definition) is 4. The molecule has 0 radical (unpaired) electrons. The molecule has 0 spiro atoms. The van der Waals surface area contributed by atoms with Gasteiger partial charge in [0.25, 0.3) is 0 Å². The first-order valence-corrected chi connectivity index (χ1v) is 10.1. The average Bonchev–Trinajstić information content (AvgIpc) is 3.16. The number of carbonyl (C=O) groups is 1. The molecule has 1 aromatic heterocycles. The number of ether oxygens (including phenoxy) is 1. The largest absolute Gasteiger partial charge is 0.374 e. The van der Waals surface area contributed by atoms with Crippen molar-refractivity contribution < 1.29 is 9.53 Å². The minimum Gasteiger partial charge on any atom is -0.374 e. The highest BCUT2D eigenvalue weighted by Gasteiger charge is 2.36. The first kappa shape index (κ1) is 16.3. The van der Waals surface area contributed by atoms with E-state index in [1.165, 1.54) is 23.3 Å². The van der Waals surface area contributed by atoms with E-state index in [9.17, 15) is 4.79 Å². The zero-order valence-electron chi connectivity index (χ0n) is 14.2. The molecule has 24 heavy (non-hydrogen) atoms. The van der Waals surface area contributed by atoms with Crippen LogP contribution in [0.2, 0.25) is 0 Å². The molecule has 0 unspecified atom stereocenters. The van der Waals surface area contributed by atoms with Gasteiger partial charge in [0.1, 0.15) is 0 Å². The second-order valence-corrected chi connectivity index (χ2v) is 7.99. The fraction of sp³-hybridized carbons (Fsp3) is 0.632. The van der Waals surface area contributed by atoms with Crippen molar-refractivity contribution in [2.24, 2.45) is 0 Å². The molecule has 1 saturated heterocycles. The number of fused-ring (bicyclic) bond motifs is 1. The Hall–Kier alpha value is -1.17. The van der Waals surface area contributed by atoms with Crippen molar-refractivity contribution in [1.82, 2.24) is 9.80 Å². The quantitative estimate of drug-likeness (QED) is 0.843. The van der Waals surface area contributed by atoms with Crippen molar-refractivity contribution in [3.8, 4) is 0 Å². The lowest BCUT2D eigenvalue weighted by atomic mass is 9.90. The van der Waals surface area contributed by atoms with E-state index < -0.39 is 0 Å². The predicted octanol–water partition coefficient (Wildman–Crippen LogP) is 3.01. The first-order valence-electron chi connectivity index (χ1n) is 9.17. The molecule has 1 amide bonds. The number of amides is 1. The second kappa shape index (κ2) is 7.38. The minimum absolute atomic E-state index is 0.281. The van der Waals surface area contributed by atoms with Crippen LogP contribution in [0.5, 0.6) is 0 Å². The molecule has 4 nitrogen and oxygen atoms in total. The minimum atomic E-state index is 0.281. The monoisotopic (exact) mass is 346 g/mol. The smallest absolute Gasteiger partial charge is 0.237 e. The highest BCUT2D eigenvalue weighted by Crippen LogP contribution is 2.29. The second-order valence-electron chi connectivity index (χ2n) is 7.04. The molecule has 0 aromatic carbocycles. The van der Waals surface area contributed by atoms with E-state index in [0.29, 0.717) is 25.1 Å². The van der Waals surface area contributed by atoms with Gasteiger partial charge in [0.2, 0.25) is 5.91 Å². The molecule has 1 aliphatic carbocycles. The Kier molecular flexibility index (Phi) is 5.01. The van der Waals surface area contributed by atoms with E-state index in [0.717, 1.165) is 38.9 Å². The van der Waals surface area contributed by atoms with Crippen molar-refractivity contribution in [2.75, 3.05) is 32.8 Å². The zero-order chi connectivity index (χ0) is 16.4. The van der Waals surface area contributed by atoms with Crippen LogP contribution in [0, 0.1) is 0 Å². The van der Waals surface area contributed by atoms with Crippen molar-refractivity contribution in [1.29, 1.82) is 0 Å². The molecular weight excluding hydrogens is 320 g/mol. The van der Waals surface area contributed by atoms with Crippen LogP contribution < -0.4 is 0 Å². The van der Waals surface area contributed by atoms with Gasteiger partial charge in [0, 0.05) is 24.5 Å². The number of rotatable bonds is 3. The number of carbonyl (C=O) groups excluding carboxylic acids is 1. The van der Waals surface area contributed by atoms with Crippen molar-refractivity contribution in [3.63, 3.8) is 0 Å². The van der Waals surface area contributed by atoms with Crippen molar-refractivity contribution in [2.45, 2.75) is 44.2 Å². The number of morpholine rings is 1. The van der Waals surface area contributed by atoms with E-state index in [4.69, 9.17) is 4.74 Å². The fourth-order valence-corrected chi connectivity index (χ4v) is 5.03. The Morgan fingerprint density at radius 1 is 1.29 bits per heavy atom. The SMILES string of the molecule is O=C(CN1CC=C(c2cccs2)CC1)N1CCO[C@H]2CCCC[C@H]21. The number of hydrogen-bond donors (Lipinski definition) is 0. The lowest BCUT2D eigenvalue weighted by molar-refractivity contribution is -0.150. The summed E-state index contributed by atoms with van der Waals surface area (Å²) in [6.45, 7) is 3.89. The molecule has 1 aromatic rings. The summed E-state index contributed by atoms with van der Waals surface area (Å²) in [5.41, 5.74) is 1.44. The average molecular weight is 346 g/mol. The standard InChI is InChI=1S/C19H26N2O2S/c22-19(21-11-12-23-17-5-2-1-4-16(17)21)14-20-9-7-15(8-10-20)18-6-3-13-24-18/h3,6-7,13,16-17H,1-2,4-5,8-12,14H2/t16-,17+/m1/s1. The van der Waals surface area contributed by atoms with Gasteiger partial charge in [-0.05, 0) is 36.3 Å². The Morgan fingerprint density at radius 2 is 2.21 bits per heavy atom. The molecule has 130 valence electrons. The van der Waals surface area contributed by atoms with E-state index in [1.54, 1.807) is 11.3 Å². The maximum absolute atomic E-state index is 12.8. The molecule has 0 bridgehead atoms. The fourth-order valence-electron chi connectivity index (χ4n) is 4.23. The highest BCUT2D eigenvalue weighted by atomic mass is 32.1. The normalized spacial score (nSPS) is 28.3. The molecule has 3 heterocycles. The van der Waals surface area contributed by atoms with Crippen LogP contribution in [0.3, 0.4) is 0 Å². The third-order valence-corrected chi connectivity index (χ3v) is 6.49. The first-order chi connectivity index (χ1) is 11.8. The molecule has 2 atom stereocenters. The van der Waals surface area contributed by atoms with Crippen LogP contribution in [0.4, 0.5) is 0 Å². The Labute approximate surface area is 148 Å². The van der Waals surface area contributed by atoms with Gasteiger partial charge in [-0.2, -0.15) is 0 Å². The van der Waals surface area contributed by atoms with E-state index in [1.807, 2.05) is 0 Å². The van der Waals surface area contributed by atoms with Gasteiger partial charge in [0.05, 0.1) is 25.3 Å². The van der Waals surface area contributed by atoms with E-state index in [2.05, 4.69) is 33.4 Å². The zero-order valence-corrected chi connectivity index (χ0v) is 15.0. The summed E-state index contributed by atoms with van der Waals surface area (Å²) in [5, 5.41) is 2.13. The topological polar surface area (TPSA) is 32.8 Å². The number of thiophene rings is 1. The maximum atomic E-state index is 12.8. The summed E-state index contributed by atoms with van der Waals surface area (Å²) in [4.78, 5) is 18.6. The Balaban J connectivity index is 1.35. The summed E-state index contributed by atoms with van der Waals surface area (Å²) < 4.78 is 5.89. The summed E-state index contributed by atoms with van der Waals surface area (Å²) >= 11 is 1.80. The van der Waals surface area contributed by atoms with Crippen LogP contribution >= 0.6 is 11.3 Å². The van der Waals surface area contributed by atoms with E-state index in [-0.39, 0.29) is 6.10 Å². The predicted molar refractivity (Wildman–Crippen MR) is 97.1 cm³/mol. The van der Waals surface area contributed by atoms with Gasteiger partial charge in [0.15, 0.2) is 0 Å². The molecule has 2 aliphatic heterocycles. The van der Waals surface area contributed by atoms with Crippen molar-refractivity contribution >= 4 is 22.8 Å². The third kappa shape index (κ3) is 3.44. The molecule has 4 rings (SSSR count). The molecule has 3 aliphatic rings. The van der Waals surface area contributed by atoms with Gasteiger partial charge < -0.3 is 9.64 Å². The lowest BCUT2D eigenvalue weighted by Crippen LogP contribution is -2.56. The van der Waals surface area contributed by atoms with Crippen LogP contribution in [-0.4, -0.2) is 60.6 Å². The highest BCUT2D eigenvalue weighted by molar-refractivity contribution is 7.11. The van der Waals surface area contributed by atoms with Gasteiger partial charge in [-0.25, -0.2) is 0 Å². The third-order valence-electron chi connectivity index (χ3n) is 5.54. The molecule has 2 fully saturated rings.